The molecule has 1 aromatic carbocycles. The molecule has 2 atom stereocenters. The van der Waals surface area contributed by atoms with Crippen LogP contribution in [0.2, 0.25) is 0 Å². The summed E-state index contributed by atoms with van der Waals surface area (Å²) in [6.45, 7) is 7.13. The Bertz CT molecular complexity index is 1230. The Morgan fingerprint density at radius 1 is 1.07 bits per heavy atom. The molecular weight excluding hydrogens is 554 g/mol. The summed E-state index contributed by atoms with van der Waals surface area (Å²) in [4.78, 5) is 49.8. The molecule has 2 aromatic rings. The Morgan fingerprint density at radius 2 is 1.79 bits per heavy atom. The Balaban J connectivity index is 1.71. The van der Waals surface area contributed by atoms with Crippen LogP contribution in [0, 0.1) is 11.8 Å². The molecule has 3 heterocycles. The third-order valence-electron chi connectivity index (χ3n) is 7.99. The fraction of sp³-hybridized carbons (Fsp3) is 0.613. The molecule has 0 bridgehead atoms. The normalized spacial score (nSPS) is 19.0. The van der Waals surface area contributed by atoms with E-state index in [1.165, 1.54) is 12.0 Å². The summed E-state index contributed by atoms with van der Waals surface area (Å²) in [5.41, 5.74) is 1.83. The molecule has 43 heavy (non-hydrogen) atoms. The summed E-state index contributed by atoms with van der Waals surface area (Å²) in [6.07, 6.45) is 1.42. The second-order valence-corrected chi connectivity index (χ2v) is 11.6. The number of benzene rings is 1. The van der Waals surface area contributed by atoms with E-state index in [2.05, 4.69) is 0 Å². The fourth-order valence-electron chi connectivity index (χ4n) is 5.95. The lowest BCUT2D eigenvalue weighted by molar-refractivity contribution is -0.142. The van der Waals surface area contributed by atoms with Crippen molar-refractivity contribution in [2.75, 3.05) is 66.8 Å². The standard InChI is InChI=1S/C31H45N5O7/c1-22(2)19-35(25-18-23(20-34(21-25)31(39)40)28(37)33-13-16-43-17-14-33)29(38)27-26(12-8-9-15-41-3)36(30(32-27)42-4)24-10-6-5-7-11-24/h5-7,10-11,22-23,25H,8-9,12-21H2,1-4H3,(H,39,40)/t23-,25+/m1/s1. The van der Waals surface area contributed by atoms with E-state index in [4.69, 9.17) is 19.2 Å². The topological polar surface area (TPSA) is 127 Å². The second-order valence-electron chi connectivity index (χ2n) is 11.6. The number of hydrogen-bond acceptors (Lipinski definition) is 7. The Kier molecular flexibility index (Phi) is 11.4. The number of imidazole rings is 1. The summed E-state index contributed by atoms with van der Waals surface area (Å²) >= 11 is 0. The van der Waals surface area contributed by atoms with E-state index in [1.54, 1.807) is 16.9 Å². The number of para-hydroxylation sites is 1. The Hall–Kier alpha value is -3.64. The number of unbranched alkanes of at least 4 members (excludes halogenated alkanes) is 1. The maximum Gasteiger partial charge on any atom is 0.407 e. The molecule has 0 unspecified atom stereocenters. The highest BCUT2D eigenvalue weighted by atomic mass is 16.5. The van der Waals surface area contributed by atoms with Gasteiger partial charge in [-0.05, 0) is 43.7 Å². The van der Waals surface area contributed by atoms with Gasteiger partial charge in [0.05, 0.1) is 43.7 Å². The van der Waals surface area contributed by atoms with E-state index in [9.17, 15) is 19.5 Å². The van der Waals surface area contributed by atoms with Gasteiger partial charge in [-0.3, -0.25) is 14.2 Å². The van der Waals surface area contributed by atoms with Gasteiger partial charge in [-0.15, -0.1) is 0 Å². The Labute approximate surface area is 253 Å². The van der Waals surface area contributed by atoms with Crippen LogP contribution < -0.4 is 4.74 Å². The van der Waals surface area contributed by atoms with Gasteiger partial charge in [0, 0.05) is 46.4 Å². The highest BCUT2D eigenvalue weighted by molar-refractivity contribution is 5.94. The summed E-state index contributed by atoms with van der Waals surface area (Å²) in [5, 5.41) is 10.0. The van der Waals surface area contributed by atoms with Crippen molar-refractivity contribution in [2.24, 2.45) is 11.8 Å². The number of carboxylic acid groups (broad SMARTS) is 1. The van der Waals surface area contributed by atoms with Crippen LogP contribution in [0.1, 0.15) is 49.3 Å². The molecule has 2 aliphatic heterocycles. The molecule has 1 aromatic heterocycles. The first-order valence-electron chi connectivity index (χ1n) is 15.1. The molecule has 2 aliphatic rings. The molecule has 12 nitrogen and oxygen atoms in total. The zero-order valence-electron chi connectivity index (χ0n) is 25.7. The van der Waals surface area contributed by atoms with Crippen LogP contribution in [-0.4, -0.2) is 120 Å². The molecule has 4 rings (SSSR count). The summed E-state index contributed by atoms with van der Waals surface area (Å²) < 4.78 is 18.2. The van der Waals surface area contributed by atoms with Crippen LogP contribution in [0.25, 0.3) is 5.69 Å². The quantitative estimate of drug-likeness (QED) is 0.369. The van der Waals surface area contributed by atoms with Gasteiger partial charge < -0.3 is 34.0 Å². The van der Waals surface area contributed by atoms with Crippen LogP contribution in [0.3, 0.4) is 0 Å². The average Bonchev–Trinajstić information content (AvgIpc) is 3.40. The molecule has 0 saturated carbocycles. The first-order chi connectivity index (χ1) is 20.7. The smallest absolute Gasteiger partial charge is 0.407 e. The molecule has 1 N–H and O–H groups in total. The SMILES string of the molecule is COCCCCc1c(C(=O)N(CC(C)C)[C@H]2C[C@@H](C(=O)N3CCOCC3)CN(C(=O)O)C2)nc(OC)n1-c1ccccc1. The third kappa shape index (κ3) is 7.85. The van der Waals surface area contributed by atoms with Gasteiger partial charge in [-0.25, -0.2) is 4.79 Å². The molecule has 236 valence electrons. The number of ether oxygens (including phenoxy) is 3. The van der Waals surface area contributed by atoms with Crippen LogP contribution in [0.15, 0.2) is 30.3 Å². The van der Waals surface area contributed by atoms with E-state index < -0.39 is 18.1 Å². The van der Waals surface area contributed by atoms with Gasteiger partial charge >= 0.3 is 12.1 Å². The largest absolute Gasteiger partial charge is 0.468 e. The number of nitrogens with zero attached hydrogens (tertiary/aromatic N) is 5. The van der Waals surface area contributed by atoms with E-state index >= 15 is 0 Å². The number of amides is 3. The van der Waals surface area contributed by atoms with E-state index in [0.29, 0.717) is 58.3 Å². The molecule has 0 aliphatic carbocycles. The van der Waals surface area contributed by atoms with Crippen molar-refractivity contribution >= 4 is 17.9 Å². The number of piperidine rings is 1. The number of carbonyl (C=O) groups excluding carboxylic acids is 2. The predicted molar refractivity (Wildman–Crippen MR) is 160 cm³/mol. The van der Waals surface area contributed by atoms with Crippen LogP contribution >= 0.6 is 0 Å². The summed E-state index contributed by atoms with van der Waals surface area (Å²) in [6, 6.07) is 9.45. The molecule has 2 fully saturated rings. The molecular formula is C31H45N5O7. The number of likely N-dealkylation sites (tertiary alicyclic amines) is 1. The maximum absolute atomic E-state index is 14.5. The highest BCUT2D eigenvalue weighted by Crippen LogP contribution is 2.30. The van der Waals surface area contributed by atoms with Gasteiger partial charge in [0.1, 0.15) is 0 Å². The first kappa shape index (κ1) is 32.3. The molecule has 12 heteroatoms. The van der Waals surface area contributed by atoms with Crippen molar-refractivity contribution in [3.05, 3.63) is 41.7 Å². The zero-order chi connectivity index (χ0) is 30.9. The summed E-state index contributed by atoms with van der Waals surface area (Å²) in [7, 11) is 3.20. The van der Waals surface area contributed by atoms with Gasteiger partial charge in [0.2, 0.25) is 5.91 Å². The number of aromatic nitrogens is 2. The van der Waals surface area contributed by atoms with Crippen molar-refractivity contribution in [1.29, 1.82) is 0 Å². The average molecular weight is 600 g/mol. The molecule has 3 amide bonds. The predicted octanol–water partition coefficient (Wildman–Crippen LogP) is 3.18. The minimum atomic E-state index is -1.10. The number of carbonyl (C=O) groups is 3. The lowest BCUT2D eigenvalue weighted by Gasteiger charge is -2.43. The summed E-state index contributed by atoms with van der Waals surface area (Å²) in [5.74, 6) is -0.843. The van der Waals surface area contributed by atoms with Gasteiger partial charge in [0.25, 0.3) is 5.91 Å². The maximum atomic E-state index is 14.5. The number of methoxy groups -OCH3 is 2. The molecule has 2 saturated heterocycles. The molecule has 0 spiro atoms. The van der Waals surface area contributed by atoms with Gasteiger partial charge in [-0.1, -0.05) is 32.0 Å². The second kappa shape index (κ2) is 15.2. The van der Waals surface area contributed by atoms with Crippen LogP contribution in [-0.2, 0) is 20.7 Å². The minimum absolute atomic E-state index is 0.0925. The van der Waals surface area contributed by atoms with Crippen molar-refractivity contribution in [3.63, 3.8) is 0 Å². The number of morpholine rings is 1. The number of rotatable bonds is 12. The lowest BCUT2D eigenvalue weighted by atomic mass is 9.91. The van der Waals surface area contributed by atoms with Gasteiger partial charge in [-0.2, -0.15) is 4.98 Å². The highest BCUT2D eigenvalue weighted by Gasteiger charge is 2.41. The number of hydrogen-bond donors (Lipinski definition) is 1. The lowest BCUT2D eigenvalue weighted by Crippen LogP contribution is -2.58. The van der Waals surface area contributed by atoms with Crippen LogP contribution in [0.5, 0.6) is 6.01 Å². The molecule has 0 radical (unpaired) electrons. The zero-order valence-corrected chi connectivity index (χ0v) is 25.7. The van der Waals surface area contributed by atoms with Crippen LogP contribution in [0.4, 0.5) is 4.79 Å². The van der Waals surface area contributed by atoms with Crippen molar-refractivity contribution in [2.45, 2.75) is 45.6 Å². The first-order valence-corrected chi connectivity index (χ1v) is 15.1. The van der Waals surface area contributed by atoms with Gasteiger partial charge in [0.15, 0.2) is 5.69 Å². The monoisotopic (exact) mass is 599 g/mol. The minimum Gasteiger partial charge on any atom is -0.468 e. The van der Waals surface area contributed by atoms with E-state index in [-0.39, 0.29) is 36.5 Å². The van der Waals surface area contributed by atoms with Crippen molar-refractivity contribution in [1.82, 2.24) is 24.3 Å². The van der Waals surface area contributed by atoms with E-state index in [0.717, 1.165) is 24.2 Å². The fourth-order valence-corrected chi connectivity index (χ4v) is 5.95. The Morgan fingerprint density at radius 3 is 2.42 bits per heavy atom. The van der Waals surface area contributed by atoms with E-state index in [1.807, 2.05) is 48.7 Å². The van der Waals surface area contributed by atoms with Crippen molar-refractivity contribution in [3.8, 4) is 11.7 Å². The third-order valence-corrected chi connectivity index (χ3v) is 7.99. The van der Waals surface area contributed by atoms with Crippen molar-refractivity contribution < 1.29 is 33.7 Å².